The second-order valence-electron chi connectivity index (χ2n) is 7.11. The third-order valence-electron chi connectivity index (χ3n) is 4.74. The lowest BCUT2D eigenvalue weighted by Gasteiger charge is -2.21. The molecule has 0 bridgehead atoms. The van der Waals surface area contributed by atoms with Gasteiger partial charge < -0.3 is 29.0 Å². The zero-order chi connectivity index (χ0) is 24.1. The standard InChI is InChI=1S/C24H30FNO7/c1-3-32-22(23(27)28)16-18-6-10-21(11-7-18)33-15-13-26(24(29)30-2)12-14-31-17-19-4-8-20(25)9-5-19/h4-11,22H,3,12-17H2,1-2H3,(H,27,28). The van der Waals surface area contributed by atoms with Crippen LogP contribution < -0.4 is 4.74 Å². The molecule has 1 amide bonds. The summed E-state index contributed by atoms with van der Waals surface area (Å²) < 4.78 is 34.2. The van der Waals surface area contributed by atoms with Crippen molar-refractivity contribution in [2.24, 2.45) is 0 Å². The Kier molecular flexibility index (Phi) is 11.1. The number of hydrogen-bond acceptors (Lipinski definition) is 6. The van der Waals surface area contributed by atoms with E-state index in [1.807, 2.05) is 0 Å². The molecule has 180 valence electrons. The minimum absolute atomic E-state index is 0.239. The fourth-order valence-corrected chi connectivity index (χ4v) is 3.00. The molecule has 8 nitrogen and oxygen atoms in total. The molecule has 0 spiro atoms. The molecule has 0 saturated carbocycles. The summed E-state index contributed by atoms with van der Waals surface area (Å²) in [5.74, 6) is -0.707. The van der Waals surface area contributed by atoms with Crippen molar-refractivity contribution in [3.05, 3.63) is 65.5 Å². The summed E-state index contributed by atoms with van der Waals surface area (Å²) in [5, 5.41) is 9.18. The summed E-state index contributed by atoms with van der Waals surface area (Å²) in [6.07, 6.45) is -1.12. The first kappa shape index (κ1) is 26.1. The average molecular weight is 464 g/mol. The fourth-order valence-electron chi connectivity index (χ4n) is 3.00. The van der Waals surface area contributed by atoms with E-state index in [4.69, 9.17) is 18.9 Å². The second kappa shape index (κ2) is 14.1. The molecule has 2 aromatic carbocycles. The number of halogens is 1. The van der Waals surface area contributed by atoms with Gasteiger partial charge in [-0.3, -0.25) is 0 Å². The van der Waals surface area contributed by atoms with Gasteiger partial charge in [-0.1, -0.05) is 24.3 Å². The van der Waals surface area contributed by atoms with Crippen LogP contribution in [-0.4, -0.2) is 68.2 Å². The van der Waals surface area contributed by atoms with E-state index in [1.165, 1.54) is 24.1 Å². The largest absolute Gasteiger partial charge is 0.492 e. The quantitative estimate of drug-likeness (QED) is 0.429. The van der Waals surface area contributed by atoms with E-state index >= 15 is 0 Å². The number of carbonyl (C=O) groups excluding carboxylic acids is 1. The number of carbonyl (C=O) groups is 2. The second-order valence-corrected chi connectivity index (χ2v) is 7.11. The molecule has 1 atom stereocenters. The average Bonchev–Trinajstić information content (AvgIpc) is 2.81. The maximum absolute atomic E-state index is 12.9. The van der Waals surface area contributed by atoms with E-state index in [-0.39, 0.29) is 25.5 Å². The number of amides is 1. The van der Waals surface area contributed by atoms with Gasteiger partial charge in [0, 0.05) is 19.6 Å². The molecule has 0 heterocycles. The minimum atomic E-state index is -0.998. The van der Waals surface area contributed by atoms with Crippen molar-refractivity contribution in [1.29, 1.82) is 0 Å². The topological polar surface area (TPSA) is 94.5 Å². The van der Waals surface area contributed by atoms with Crippen LogP contribution in [0.1, 0.15) is 18.1 Å². The number of carboxylic acid groups (broad SMARTS) is 1. The molecule has 1 N–H and O–H groups in total. The maximum Gasteiger partial charge on any atom is 0.409 e. The highest BCUT2D eigenvalue weighted by Gasteiger charge is 2.18. The number of benzene rings is 2. The lowest BCUT2D eigenvalue weighted by Crippen LogP contribution is -2.37. The van der Waals surface area contributed by atoms with Crippen molar-refractivity contribution in [3.8, 4) is 5.75 Å². The SMILES string of the molecule is CCOC(Cc1ccc(OCCN(CCOCc2ccc(F)cc2)C(=O)OC)cc1)C(=O)O. The Morgan fingerprint density at radius 2 is 1.64 bits per heavy atom. The van der Waals surface area contributed by atoms with Crippen molar-refractivity contribution >= 4 is 12.1 Å². The van der Waals surface area contributed by atoms with Gasteiger partial charge in [0.2, 0.25) is 0 Å². The molecule has 0 radical (unpaired) electrons. The molecule has 0 aliphatic rings. The summed E-state index contributed by atoms with van der Waals surface area (Å²) in [5.41, 5.74) is 1.65. The fraction of sp³-hybridized carbons (Fsp3) is 0.417. The van der Waals surface area contributed by atoms with Crippen LogP contribution in [0.15, 0.2) is 48.5 Å². The third kappa shape index (κ3) is 9.46. The van der Waals surface area contributed by atoms with E-state index in [1.54, 1.807) is 43.3 Å². The number of rotatable bonds is 14. The molecule has 2 rings (SSSR count). The Morgan fingerprint density at radius 3 is 2.24 bits per heavy atom. The van der Waals surface area contributed by atoms with Crippen molar-refractivity contribution < 1.29 is 38.0 Å². The molecule has 0 aromatic heterocycles. The minimum Gasteiger partial charge on any atom is -0.492 e. The van der Waals surface area contributed by atoms with Gasteiger partial charge in [0.1, 0.15) is 18.2 Å². The van der Waals surface area contributed by atoms with E-state index in [0.29, 0.717) is 32.1 Å². The zero-order valence-corrected chi connectivity index (χ0v) is 18.9. The molecule has 0 aliphatic carbocycles. The first-order valence-corrected chi connectivity index (χ1v) is 10.6. The number of ether oxygens (including phenoxy) is 4. The van der Waals surface area contributed by atoms with Crippen LogP contribution in [0.5, 0.6) is 5.75 Å². The monoisotopic (exact) mass is 463 g/mol. The predicted octanol–water partition coefficient (Wildman–Crippen LogP) is 3.52. The van der Waals surface area contributed by atoms with Crippen LogP contribution in [0.3, 0.4) is 0 Å². The molecule has 9 heteroatoms. The normalized spacial score (nSPS) is 11.6. The van der Waals surface area contributed by atoms with Crippen LogP contribution in [0.25, 0.3) is 0 Å². The van der Waals surface area contributed by atoms with Crippen molar-refractivity contribution in [3.63, 3.8) is 0 Å². The summed E-state index contributed by atoms with van der Waals surface area (Å²) in [7, 11) is 1.31. The number of nitrogens with zero attached hydrogens (tertiary/aromatic N) is 1. The van der Waals surface area contributed by atoms with E-state index in [0.717, 1.165) is 11.1 Å². The zero-order valence-electron chi connectivity index (χ0n) is 18.9. The highest BCUT2D eigenvalue weighted by Crippen LogP contribution is 2.15. The molecular weight excluding hydrogens is 433 g/mol. The van der Waals surface area contributed by atoms with Gasteiger partial charge in [-0.15, -0.1) is 0 Å². The molecular formula is C24H30FNO7. The van der Waals surface area contributed by atoms with Gasteiger partial charge in [-0.05, 0) is 42.3 Å². The summed E-state index contributed by atoms with van der Waals surface area (Å²) in [6, 6.07) is 13.1. The maximum atomic E-state index is 12.9. The van der Waals surface area contributed by atoms with E-state index < -0.39 is 18.2 Å². The number of aliphatic carboxylic acids is 1. The smallest absolute Gasteiger partial charge is 0.409 e. The predicted molar refractivity (Wildman–Crippen MR) is 119 cm³/mol. The van der Waals surface area contributed by atoms with E-state index in [9.17, 15) is 19.1 Å². The van der Waals surface area contributed by atoms with Gasteiger partial charge in [-0.25, -0.2) is 14.0 Å². The lowest BCUT2D eigenvalue weighted by atomic mass is 10.1. The van der Waals surface area contributed by atoms with E-state index in [2.05, 4.69) is 0 Å². The molecule has 2 aromatic rings. The van der Waals surface area contributed by atoms with Crippen LogP contribution in [0, 0.1) is 5.82 Å². The molecule has 0 saturated heterocycles. The summed E-state index contributed by atoms with van der Waals surface area (Å²) in [6.45, 7) is 3.51. The van der Waals surface area contributed by atoms with Crippen molar-refractivity contribution in [1.82, 2.24) is 4.90 Å². The molecule has 0 aliphatic heterocycles. The lowest BCUT2D eigenvalue weighted by molar-refractivity contribution is -0.149. The number of carboxylic acids is 1. The number of hydrogen-bond donors (Lipinski definition) is 1. The van der Waals surface area contributed by atoms with Crippen LogP contribution >= 0.6 is 0 Å². The molecule has 0 fully saturated rings. The van der Waals surface area contributed by atoms with Crippen LogP contribution in [-0.2, 0) is 32.0 Å². The summed E-state index contributed by atoms with van der Waals surface area (Å²) in [4.78, 5) is 24.7. The van der Waals surface area contributed by atoms with Crippen LogP contribution in [0.2, 0.25) is 0 Å². The third-order valence-corrected chi connectivity index (χ3v) is 4.74. The Morgan fingerprint density at radius 1 is 1.00 bits per heavy atom. The first-order chi connectivity index (χ1) is 15.9. The molecule has 1 unspecified atom stereocenters. The van der Waals surface area contributed by atoms with Gasteiger partial charge in [0.25, 0.3) is 0 Å². The molecule has 33 heavy (non-hydrogen) atoms. The van der Waals surface area contributed by atoms with Gasteiger partial charge >= 0.3 is 12.1 Å². The Hall–Kier alpha value is -3.17. The van der Waals surface area contributed by atoms with Crippen molar-refractivity contribution in [2.75, 3.05) is 40.0 Å². The summed E-state index contributed by atoms with van der Waals surface area (Å²) >= 11 is 0. The highest BCUT2D eigenvalue weighted by molar-refractivity contribution is 5.72. The van der Waals surface area contributed by atoms with Gasteiger partial charge in [-0.2, -0.15) is 0 Å². The van der Waals surface area contributed by atoms with Crippen LogP contribution in [0.4, 0.5) is 9.18 Å². The Labute approximate surface area is 192 Å². The Balaban J connectivity index is 1.76. The first-order valence-electron chi connectivity index (χ1n) is 10.6. The number of methoxy groups -OCH3 is 1. The van der Waals surface area contributed by atoms with Gasteiger partial charge in [0.05, 0.1) is 26.9 Å². The Bertz CT molecular complexity index is 858. The highest BCUT2D eigenvalue weighted by atomic mass is 19.1. The van der Waals surface area contributed by atoms with Crippen molar-refractivity contribution in [2.45, 2.75) is 26.1 Å². The van der Waals surface area contributed by atoms with Gasteiger partial charge in [0.15, 0.2) is 6.10 Å².